The van der Waals surface area contributed by atoms with Crippen LogP contribution in [0.15, 0.2) is 0 Å². The molecule has 1 saturated carbocycles. The van der Waals surface area contributed by atoms with Gasteiger partial charge in [-0.05, 0) is 43.4 Å². The molecule has 2 saturated heterocycles. The molecule has 2 heterocycles. The van der Waals surface area contributed by atoms with Crippen LogP contribution in [0.1, 0.15) is 52.9 Å². The Hall–Kier alpha value is -2.07. The minimum atomic E-state index is -1.04. The number of hydroxylamine groups is 3. The van der Waals surface area contributed by atoms with E-state index in [2.05, 4.69) is 10.8 Å². The topological polar surface area (TPSA) is 131 Å². The number of urea groups is 1. The van der Waals surface area contributed by atoms with Crippen molar-refractivity contribution in [2.75, 3.05) is 6.54 Å². The molecule has 10 heteroatoms. The standard InChI is InChI=1S/C18H30N4O6/c1-18(2,3)14(19-16(24)25)10-4-6-12(8-10)28-20-15(23)13-7-5-11-9-21(13)17(26)22(11)27/h10-14,19,27H,4-9H2,1-3H3,(H,20,23)(H,24,25)/t10?,11-,12?,13+,14?/m1/s1. The summed E-state index contributed by atoms with van der Waals surface area (Å²) in [6, 6.07) is -1.64. The van der Waals surface area contributed by atoms with Crippen molar-refractivity contribution in [2.45, 2.75) is 77.1 Å². The van der Waals surface area contributed by atoms with Gasteiger partial charge >= 0.3 is 12.1 Å². The molecule has 0 aromatic rings. The summed E-state index contributed by atoms with van der Waals surface area (Å²) in [6.07, 6.45) is 1.97. The van der Waals surface area contributed by atoms with Crippen molar-refractivity contribution in [3.63, 3.8) is 0 Å². The van der Waals surface area contributed by atoms with Crippen LogP contribution in [0.5, 0.6) is 0 Å². The highest BCUT2D eigenvalue weighted by atomic mass is 16.7. The maximum Gasteiger partial charge on any atom is 0.404 e. The first kappa shape index (κ1) is 20.7. The average molecular weight is 398 g/mol. The third kappa shape index (κ3) is 4.17. The summed E-state index contributed by atoms with van der Waals surface area (Å²) < 4.78 is 0. The van der Waals surface area contributed by atoms with Crippen LogP contribution in [-0.4, -0.2) is 69.1 Å². The van der Waals surface area contributed by atoms with Gasteiger partial charge in [0, 0.05) is 12.6 Å². The zero-order valence-electron chi connectivity index (χ0n) is 16.6. The molecular weight excluding hydrogens is 368 g/mol. The third-order valence-corrected chi connectivity index (χ3v) is 6.08. The molecule has 4 N–H and O–H groups in total. The zero-order chi connectivity index (χ0) is 20.6. The predicted molar refractivity (Wildman–Crippen MR) is 97.3 cm³/mol. The molecule has 158 valence electrons. The number of rotatable bonds is 5. The number of fused-ring (bicyclic) bond motifs is 2. The van der Waals surface area contributed by atoms with E-state index in [4.69, 9.17) is 9.94 Å². The second kappa shape index (κ2) is 7.75. The fourth-order valence-corrected chi connectivity index (χ4v) is 4.69. The monoisotopic (exact) mass is 398 g/mol. The largest absolute Gasteiger partial charge is 0.465 e. The summed E-state index contributed by atoms with van der Waals surface area (Å²) in [4.78, 5) is 42.6. The fourth-order valence-electron chi connectivity index (χ4n) is 4.69. The van der Waals surface area contributed by atoms with Crippen LogP contribution in [0.4, 0.5) is 9.59 Å². The van der Waals surface area contributed by atoms with Gasteiger partial charge in [-0.15, -0.1) is 0 Å². The van der Waals surface area contributed by atoms with Crippen LogP contribution in [-0.2, 0) is 9.63 Å². The lowest BCUT2D eigenvalue weighted by molar-refractivity contribution is -0.143. The predicted octanol–water partition coefficient (Wildman–Crippen LogP) is 1.54. The van der Waals surface area contributed by atoms with Crippen molar-refractivity contribution in [1.82, 2.24) is 20.8 Å². The molecule has 10 nitrogen and oxygen atoms in total. The van der Waals surface area contributed by atoms with Gasteiger partial charge in [0.1, 0.15) is 6.04 Å². The highest BCUT2D eigenvalue weighted by Crippen LogP contribution is 2.37. The van der Waals surface area contributed by atoms with Crippen molar-refractivity contribution in [2.24, 2.45) is 11.3 Å². The Morgan fingerprint density at radius 1 is 1.21 bits per heavy atom. The molecule has 3 aliphatic rings. The van der Waals surface area contributed by atoms with E-state index in [1.54, 1.807) is 0 Å². The summed E-state index contributed by atoms with van der Waals surface area (Å²) in [5, 5.41) is 22.2. The van der Waals surface area contributed by atoms with E-state index in [1.165, 1.54) is 4.90 Å². The SMILES string of the molecule is CC(C)(C)C(NC(=O)O)C1CCC(ONC(=O)[C@@H]2CC[C@@H]3CN2C(=O)N3O)C1. The van der Waals surface area contributed by atoms with Gasteiger partial charge in [-0.1, -0.05) is 20.8 Å². The van der Waals surface area contributed by atoms with Crippen LogP contribution < -0.4 is 10.8 Å². The molecule has 0 radical (unpaired) electrons. The summed E-state index contributed by atoms with van der Waals surface area (Å²) in [6.45, 7) is 6.33. The lowest BCUT2D eigenvalue weighted by Crippen LogP contribution is -2.50. The molecule has 1 aliphatic carbocycles. The molecule has 3 fully saturated rings. The molecule has 2 aliphatic heterocycles. The normalized spacial score (nSPS) is 31.1. The molecule has 28 heavy (non-hydrogen) atoms. The quantitative estimate of drug-likeness (QED) is 0.410. The Morgan fingerprint density at radius 2 is 1.93 bits per heavy atom. The van der Waals surface area contributed by atoms with Crippen LogP contribution in [0, 0.1) is 11.3 Å². The van der Waals surface area contributed by atoms with Gasteiger partial charge in [0.2, 0.25) is 0 Å². The van der Waals surface area contributed by atoms with Crippen LogP contribution in [0.25, 0.3) is 0 Å². The fraction of sp³-hybridized carbons (Fsp3) is 0.833. The number of hydrogen-bond donors (Lipinski definition) is 4. The first-order valence-corrected chi connectivity index (χ1v) is 9.81. The van der Waals surface area contributed by atoms with Gasteiger partial charge in [0.15, 0.2) is 0 Å². The van der Waals surface area contributed by atoms with E-state index in [0.717, 1.165) is 12.8 Å². The minimum Gasteiger partial charge on any atom is -0.465 e. The van der Waals surface area contributed by atoms with Crippen molar-refractivity contribution in [3.05, 3.63) is 0 Å². The lowest BCUT2D eigenvalue weighted by atomic mass is 9.78. The maximum absolute atomic E-state index is 12.5. The first-order valence-electron chi connectivity index (χ1n) is 9.81. The zero-order valence-corrected chi connectivity index (χ0v) is 16.6. The minimum absolute atomic E-state index is 0.122. The molecule has 0 spiro atoms. The van der Waals surface area contributed by atoms with E-state index in [9.17, 15) is 19.6 Å². The van der Waals surface area contributed by atoms with Gasteiger partial charge in [0.05, 0.1) is 12.1 Å². The number of hydrogen-bond acceptors (Lipinski definition) is 5. The number of nitrogens with one attached hydrogen (secondary N) is 2. The van der Waals surface area contributed by atoms with Crippen molar-refractivity contribution >= 4 is 18.0 Å². The summed E-state index contributed by atoms with van der Waals surface area (Å²) in [5.41, 5.74) is 2.25. The van der Waals surface area contributed by atoms with E-state index in [0.29, 0.717) is 30.9 Å². The lowest BCUT2D eigenvalue weighted by Gasteiger charge is -2.35. The number of nitrogens with zero attached hydrogens (tertiary/aromatic N) is 2. The van der Waals surface area contributed by atoms with E-state index in [-0.39, 0.29) is 35.4 Å². The molecule has 0 aromatic heterocycles. The van der Waals surface area contributed by atoms with Gasteiger partial charge < -0.3 is 15.3 Å². The average Bonchev–Trinajstić information content (AvgIpc) is 3.17. The summed E-state index contributed by atoms with van der Waals surface area (Å²) in [7, 11) is 0. The molecule has 5 atom stereocenters. The summed E-state index contributed by atoms with van der Waals surface area (Å²) in [5.74, 6) is -0.266. The Morgan fingerprint density at radius 3 is 2.57 bits per heavy atom. The third-order valence-electron chi connectivity index (χ3n) is 6.08. The second-order valence-corrected chi connectivity index (χ2v) is 9.10. The number of carbonyl (C=O) groups is 3. The highest BCUT2D eigenvalue weighted by Gasteiger charge is 2.47. The number of carbonyl (C=O) groups excluding carboxylic acids is 2. The Labute approximate surface area is 164 Å². The van der Waals surface area contributed by atoms with Crippen molar-refractivity contribution in [1.29, 1.82) is 0 Å². The number of amides is 4. The highest BCUT2D eigenvalue weighted by molar-refractivity contribution is 5.87. The molecule has 4 amide bonds. The van der Waals surface area contributed by atoms with E-state index in [1.807, 2.05) is 20.8 Å². The van der Waals surface area contributed by atoms with Crippen molar-refractivity contribution in [3.8, 4) is 0 Å². The Bertz CT molecular complexity index is 636. The first-order chi connectivity index (χ1) is 13.1. The molecular formula is C18H30N4O6. The van der Waals surface area contributed by atoms with Crippen LogP contribution >= 0.6 is 0 Å². The van der Waals surface area contributed by atoms with E-state index < -0.39 is 18.2 Å². The molecule has 0 aromatic carbocycles. The molecule has 2 bridgehead atoms. The Balaban J connectivity index is 1.51. The van der Waals surface area contributed by atoms with Gasteiger partial charge in [-0.3, -0.25) is 14.8 Å². The maximum atomic E-state index is 12.5. The van der Waals surface area contributed by atoms with Gasteiger partial charge in [-0.25, -0.2) is 20.1 Å². The van der Waals surface area contributed by atoms with Gasteiger partial charge in [0.25, 0.3) is 5.91 Å². The van der Waals surface area contributed by atoms with E-state index >= 15 is 0 Å². The Kier molecular flexibility index (Phi) is 5.72. The second-order valence-electron chi connectivity index (χ2n) is 9.10. The van der Waals surface area contributed by atoms with Crippen molar-refractivity contribution < 1.29 is 29.5 Å². The van der Waals surface area contributed by atoms with Gasteiger partial charge in [-0.2, -0.15) is 0 Å². The van der Waals surface area contributed by atoms with Crippen LogP contribution in [0.3, 0.4) is 0 Å². The molecule has 3 unspecified atom stereocenters. The van der Waals surface area contributed by atoms with Crippen LogP contribution in [0.2, 0.25) is 0 Å². The summed E-state index contributed by atoms with van der Waals surface area (Å²) >= 11 is 0. The number of carboxylic acid groups (broad SMARTS) is 1. The number of piperidine rings is 1. The molecule has 3 rings (SSSR count). The smallest absolute Gasteiger partial charge is 0.404 e.